The first-order chi connectivity index (χ1) is 8.15. The molecule has 17 heavy (non-hydrogen) atoms. The van der Waals surface area contributed by atoms with E-state index in [1.807, 2.05) is 37.3 Å². The molecule has 1 aromatic carbocycles. The van der Waals surface area contributed by atoms with Crippen molar-refractivity contribution in [3.8, 4) is 0 Å². The summed E-state index contributed by atoms with van der Waals surface area (Å²) < 4.78 is 5.28. The molecule has 4 heteroatoms. The van der Waals surface area contributed by atoms with Crippen molar-refractivity contribution in [2.24, 2.45) is 0 Å². The Bertz CT molecular complexity index is 441. The summed E-state index contributed by atoms with van der Waals surface area (Å²) in [6.45, 7) is 3.52. The lowest BCUT2D eigenvalue weighted by molar-refractivity contribution is 0.129. The number of allylic oxidation sites excluding steroid dienone is 1. The third kappa shape index (κ3) is 1.98. The standard InChI is InChI=1S/C13H15NO3/c1-3-11(15)14-9(2)12(17-13(14)16)10-7-5-4-6-8-10/h3-9,12,15H,1-2H3/b11-3+/t9-,12-/m1/s1. The van der Waals surface area contributed by atoms with Crippen LogP contribution in [0.25, 0.3) is 0 Å². The van der Waals surface area contributed by atoms with Gasteiger partial charge < -0.3 is 9.84 Å². The van der Waals surface area contributed by atoms with Gasteiger partial charge in [-0.2, -0.15) is 0 Å². The fourth-order valence-corrected chi connectivity index (χ4v) is 2.00. The molecule has 1 amide bonds. The molecule has 0 unspecified atom stereocenters. The summed E-state index contributed by atoms with van der Waals surface area (Å²) in [6.07, 6.45) is 0.623. The summed E-state index contributed by atoms with van der Waals surface area (Å²) in [5.41, 5.74) is 0.930. The lowest BCUT2D eigenvalue weighted by Gasteiger charge is -2.19. The molecular weight excluding hydrogens is 218 g/mol. The highest BCUT2D eigenvalue weighted by atomic mass is 16.6. The van der Waals surface area contributed by atoms with E-state index in [2.05, 4.69) is 0 Å². The maximum Gasteiger partial charge on any atom is 0.417 e. The minimum atomic E-state index is -0.512. The first-order valence-electron chi connectivity index (χ1n) is 5.55. The van der Waals surface area contributed by atoms with Crippen LogP contribution in [0.5, 0.6) is 0 Å². The van der Waals surface area contributed by atoms with Gasteiger partial charge in [-0.3, -0.25) is 0 Å². The van der Waals surface area contributed by atoms with E-state index >= 15 is 0 Å². The number of carbonyl (C=O) groups excluding carboxylic acids is 1. The Morgan fingerprint density at radius 1 is 1.41 bits per heavy atom. The van der Waals surface area contributed by atoms with Gasteiger partial charge in [-0.15, -0.1) is 0 Å². The smallest absolute Gasteiger partial charge is 0.417 e. The molecule has 1 aliphatic rings. The number of benzene rings is 1. The highest BCUT2D eigenvalue weighted by molar-refractivity contribution is 5.72. The van der Waals surface area contributed by atoms with Gasteiger partial charge in [-0.1, -0.05) is 30.3 Å². The Kier molecular flexibility index (Phi) is 3.04. The number of amides is 1. The molecule has 1 aromatic rings. The molecular formula is C13H15NO3. The van der Waals surface area contributed by atoms with Gasteiger partial charge in [0, 0.05) is 0 Å². The van der Waals surface area contributed by atoms with Gasteiger partial charge in [0.15, 0.2) is 5.88 Å². The number of aliphatic hydroxyl groups is 1. The van der Waals surface area contributed by atoms with Crippen molar-refractivity contribution < 1.29 is 14.6 Å². The fraction of sp³-hybridized carbons (Fsp3) is 0.308. The summed E-state index contributed by atoms with van der Waals surface area (Å²) in [5.74, 6) is -0.0686. The van der Waals surface area contributed by atoms with E-state index in [1.165, 1.54) is 11.0 Å². The van der Waals surface area contributed by atoms with Crippen LogP contribution >= 0.6 is 0 Å². The van der Waals surface area contributed by atoms with Crippen molar-refractivity contribution in [3.05, 3.63) is 47.9 Å². The zero-order valence-corrected chi connectivity index (χ0v) is 9.83. The summed E-state index contributed by atoms with van der Waals surface area (Å²) in [4.78, 5) is 12.9. The van der Waals surface area contributed by atoms with Gasteiger partial charge in [0.25, 0.3) is 0 Å². The number of cyclic esters (lactones) is 1. The van der Waals surface area contributed by atoms with E-state index < -0.39 is 6.09 Å². The van der Waals surface area contributed by atoms with Crippen molar-refractivity contribution >= 4 is 6.09 Å². The van der Waals surface area contributed by atoms with Gasteiger partial charge in [-0.05, 0) is 25.5 Å². The summed E-state index contributed by atoms with van der Waals surface area (Å²) >= 11 is 0. The zero-order valence-electron chi connectivity index (χ0n) is 9.83. The molecule has 0 aliphatic carbocycles. The first kappa shape index (κ1) is 11.5. The van der Waals surface area contributed by atoms with Gasteiger partial charge in [0.2, 0.25) is 0 Å². The van der Waals surface area contributed by atoms with E-state index in [4.69, 9.17) is 4.74 Å². The molecule has 1 aliphatic heterocycles. The Morgan fingerprint density at radius 3 is 2.65 bits per heavy atom. The van der Waals surface area contributed by atoms with Crippen molar-refractivity contribution in [1.82, 2.24) is 4.90 Å². The van der Waals surface area contributed by atoms with E-state index in [-0.39, 0.29) is 18.0 Å². The van der Waals surface area contributed by atoms with Crippen LogP contribution in [0.4, 0.5) is 4.79 Å². The van der Waals surface area contributed by atoms with E-state index in [0.29, 0.717) is 0 Å². The second-order valence-corrected chi connectivity index (χ2v) is 3.97. The maximum absolute atomic E-state index is 11.7. The Morgan fingerprint density at radius 2 is 2.06 bits per heavy atom. The average molecular weight is 233 g/mol. The largest absolute Gasteiger partial charge is 0.495 e. The van der Waals surface area contributed by atoms with Crippen LogP contribution < -0.4 is 0 Å². The maximum atomic E-state index is 11.7. The Balaban J connectivity index is 2.28. The van der Waals surface area contributed by atoms with Gasteiger partial charge in [0.05, 0.1) is 6.04 Å². The Labute approximate surface area is 100 Å². The monoisotopic (exact) mass is 233 g/mol. The predicted molar refractivity (Wildman–Crippen MR) is 63.4 cm³/mol. The summed E-state index contributed by atoms with van der Waals surface area (Å²) in [5, 5.41) is 9.65. The topological polar surface area (TPSA) is 49.8 Å². The third-order valence-electron chi connectivity index (χ3n) is 2.90. The van der Waals surface area contributed by atoms with Crippen LogP contribution in [-0.4, -0.2) is 22.1 Å². The van der Waals surface area contributed by atoms with Crippen LogP contribution in [0.3, 0.4) is 0 Å². The van der Waals surface area contributed by atoms with Crippen LogP contribution in [0.1, 0.15) is 25.5 Å². The van der Waals surface area contributed by atoms with E-state index in [1.54, 1.807) is 6.92 Å². The number of nitrogens with zero attached hydrogens (tertiary/aromatic N) is 1. The number of carbonyl (C=O) groups is 1. The van der Waals surface area contributed by atoms with Crippen molar-refractivity contribution in [1.29, 1.82) is 0 Å². The SMILES string of the molecule is C/C=C(/O)N1C(=O)O[C@@H](c2ccccc2)[C@H]1C. The molecule has 1 saturated heterocycles. The quantitative estimate of drug-likeness (QED) is 0.799. The van der Waals surface area contributed by atoms with Crippen LogP contribution in [-0.2, 0) is 4.74 Å². The lowest BCUT2D eigenvalue weighted by Crippen LogP contribution is -2.31. The summed E-state index contributed by atoms with van der Waals surface area (Å²) in [7, 11) is 0. The number of aliphatic hydroxyl groups excluding tert-OH is 1. The highest BCUT2D eigenvalue weighted by Crippen LogP contribution is 2.33. The average Bonchev–Trinajstić information content (AvgIpc) is 2.65. The lowest BCUT2D eigenvalue weighted by atomic mass is 10.0. The molecule has 90 valence electrons. The molecule has 1 heterocycles. The van der Waals surface area contributed by atoms with Crippen LogP contribution in [0.15, 0.2) is 42.3 Å². The van der Waals surface area contributed by atoms with Crippen molar-refractivity contribution in [2.45, 2.75) is 26.0 Å². The van der Waals surface area contributed by atoms with E-state index in [0.717, 1.165) is 5.56 Å². The number of hydrogen-bond acceptors (Lipinski definition) is 3. The molecule has 2 rings (SSSR count). The molecule has 0 spiro atoms. The molecule has 2 atom stereocenters. The fourth-order valence-electron chi connectivity index (χ4n) is 2.00. The third-order valence-corrected chi connectivity index (χ3v) is 2.90. The Hall–Kier alpha value is -1.97. The molecule has 4 nitrogen and oxygen atoms in total. The predicted octanol–water partition coefficient (Wildman–Crippen LogP) is 2.99. The van der Waals surface area contributed by atoms with Crippen molar-refractivity contribution in [2.75, 3.05) is 0 Å². The second kappa shape index (κ2) is 4.49. The van der Waals surface area contributed by atoms with Gasteiger partial charge >= 0.3 is 6.09 Å². The van der Waals surface area contributed by atoms with Crippen LogP contribution in [0.2, 0.25) is 0 Å². The number of ether oxygens (including phenoxy) is 1. The number of rotatable bonds is 2. The van der Waals surface area contributed by atoms with E-state index in [9.17, 15) is 9.90 Å². The zero-order chi connectivity index (χ0) is 12.4. The highest BCUT2D eigenvalue weighted by Gasteiger charge is 2.41. The molecule has 0 radical (unpaired) electrons. The first-order valence-corrected chi connectivity index (χ1v) is 5.55. The van der Waals surface area contributed by atoms with Gasteiger partial charge in [0.1, 0.15) is 6.10 Å². The summed E-state index contributed by atoms with van der Waals surface area (Å²) in [6, 6.07) is 9.30. The minimum absolute atomic E-state index is 0.0686. The normalized spacial score (nSPS) is 24.9. The molecule has 1 fully saturated rings. The van der Waals surface area contributed by atoms with Gasteiger partial charge in [-0.25, -0.2) is 9.69 Å². The number of hydrogen-bond donors (Lipinski definition) is 1. The van der Waals surface area contributed by atoms with Crippen molar-refractivity contribution in [3.63, 3.8) is 0 Å². The molecule has 0 aromatic heterocycles. The molecule has 1 N–H and O–H groups in total. The molecule has 0 bridgehead atoms. The minimum Gasteiger partial charge on any atom is -0.495 e. The van der Waals surface area contributed by atoms with Crippen LogP contribution in [0, 0.1) is 0 Å². The molecule has 0 saturated carbocycles. The second-order valence-electron chi connectivity index (χ2n) is 3.97.